The SMILES string of the molecule is O=C(NC1CCS(=O)(=O)C1)C1=NOC2(CCCN(Cc3ccccc3)C2)C1. The molecule has 2 atom stereocenters. The Hall–Kier alpha value is -1.93. The predicted molar refractivity (Wildman–Crippen MR) is 102 cm³/mol. The van der Waals surface area contributed by atoms with E-state index in [1.54, 1.807) is 0 Å². The normalized spacial score (nSPS) is 30.1. The number of nitrogens with one attached hydrogen (secondary N) is 1. The van der Waals surface area contributed by atoms with Gasteiger partial charge < -0.3 is 10.2 Å². The number of carbonyl (C=O) groups excluding carboxylic acids is 1. The number of rotatable bonds is 4. The molecule has 3 heterocycles. The molecule has 2 fully saturated rings. The molecule has 2 saturated heterocycles. The summed E-state index contributed by atoms with van der Waals surface area (Å²) >= 11 is 0. The van der Waals surface area contributed by atoms with Crippen molar-refractivity contribution in [2.24, 2.45) is 5.16 Å². The van der Waals surface area contributed by atoms with Crippen LogP contribution in [0.4, 0.5) is 0 Å². The zero-order valence-electron chi connectivity index (χ0n) is 15.3. The maximum Gasteiger partial charge on any atom is 0.269 e. The van der Waals surface area contributed by atoms with Gasteiger partial charge in [-0.25, -0.2) is 8.42 Å². The Morgan fingerprint density at radius 2 is 2.15 bits per heavy atom. The molecule has 1 aromatic carbocycles. The van der Waals surface area contributed by atoms with Crippen LogP contribution in [0.1, 0.15) is 31.2 Å². The largest absolute Gasteiger partial charge is 0.387 e. The maximum absolute atomic E-state index is 12.5. The van der Waals surface area contributed by atoms with Crippen LogP contribution in [0, 0.1) is 0 Å². The van der Waals surface area contributed by atoms with Crippen molar-refractivity contribution in [3.8, 4) is 0 Å². The zero-order valence-corrected chi connectivity index (χ0v) is 16.1. The molecule has 4 rings (SSSR count). The van der Waals surface area contributed by atoms with Gasteiger partial charge in [0, 0.05) is 25.6 Å². The molecule has 7 nitrogen and oxygen atoms in total. The van der Waals surface area contributed by atoms with E-state index < -0.39 is 15.4 Å². The Morgan fingerprint density at radius 3 is 2.89 bits per heavy atom. The number of hydrogen-bond donors (Lipinski definition) is 1. The van der Waals surface area contributed by atoms with Gasteiger partial charge in [-0.1, -0.05) is 35.5 Å². The van der Waals surface area contributed by atoms with E-state index in [0.717, 1.165) is 32.5 Å². The summed E-state index contributed by atoms with van der Waals surface area (Å²) in [6.45, 7) is 2.59. The van der Waals surface area contributed by atoms with Gasteiger partial charge in [-0.05, 0) is 31.4 Å². The molecule has 1 amide bonds. The van der Waals surface area contributed by atoms with Crippen molar-refractivity contribution in [3.63, 3.8) is 0 Å². The highest BCUT2D eigenvalue weighted by molar-refractivity contribution is 7.91. The molecule has 8 heteroatoms. The van der Waals surface area contributed by atoms with Crippen molar-refractivity contribution in [2.75, 3.05) is 24.6 Å². The highest BCUT2D eigenvalue weighted by atomic mass is 32.2. The van der Waals surface area contributed by atoms with Crippen LogP contribution in [-0.4, -0.2) is 61.2 Å². The Bertz CT molecular complexity index is 840. The van der Waals surface area contributed by atoms with E-state index in [4.69, 9.17) is 4.84 Å². The minimum Gasteiger partial charge on any atom is -0.387 e. The molecule has 146 valence electrons. The second-order valence-electron chi connectivity index (χ2n) is 7.86. The number of oxime groups is 1. The lowest BCUT2D eigenvalue weighted by atomic mass is 9.87. The third-order valence-corrected chi connectivity index (χ3v) is 7.30. The molecule has 27 heavy (non-hydrogen) atoms. The first-order valence-corrected chi connectivity index (χ1v) is 11.3. The minimum absolute atomic E-state index is 0.0167. The summed E-state index contributed by atoms with van der Waals surface area (Å²) in [4.78, 5) is 20.6. The fourth-order valence-electron chi connectivity index (χ4n) is 4.21. The Kier molecular flexibility index (Phi) is 4.94. The molecule has 3 aliphatic rings. The van der Waals surface area contributed by atoms with Crippen molar-refractivity contribution < 1.29 is 18.0 Å². The first kappa shape index (κ1) is 18.4. The lowest BCUT2D eigenvalue weighted by Gasteiger charge is -2.38. The Morgan fingerprint density at radius 1 is 1.33 bits per heavy atom. The monoisotopic (exact) mass is 391 g/mol. The fraction of sp³-hybridized carbons (Fsp3) is 0.579. The molecular weight excluding hydrogens is 366 g/mol. The first-order valence-electron chi connectivity index (χ1n) is 9.46. The van der Waals surface area contributed by atoms with Crippen LogP contribution in [0.2, 0.25) is 0 Å². The molecule has 2 unspecified atom stereocenters. The van der Waals surface area contributed by atoms with Gasteiger partial charge in [0.05, 0.1) is 11.5 Å². The number of sulfone groups is 1. The van der Waals surface area contributed by atoms with Gasteiger partial charge in [0.2, 0.25) is 0 Å². The summed E-state index contributed by atoms with van der Waals surface area (Å²) in [5.74, 6) is -0.142. The van der Waals surface area contributed by atoms with Gasteiger partial charge in [-0.15, -0.1) is 0 Å². The molecule has 0 saturated carbocycles. The second-order valence-corrected chi connectivity index (χ2v) is 10.1. The van der Waals surface area contributed by atoms with Crippen LogP contribution in [0.3, 0.4) is 0 Å². The van der Waals surface area contributed by atoms with Crippen LogP contribution >= 0.6 is 0 Å². The number of likely N-dealkylation sites (tertiary alicyclic amines) is 1. The van der Waals surface area contributed by atoms with Crippen molar-refractivity contribution in [1.29, 1.82) is 0 Å². The van der Waals surface area contributed by atoms with Crippen molar-refractivity contribution in [1.82, 2.24) is 10.2 Å². The summed E-state index contributed by atoms with van der Waals surface area (Å²) in [5.41, 5.74) is 1.19. The molecule has 0 aliphatic carbocycles. The number of benzene rings is 1. The van der Waals surface area contributed by atoms with Crippen LogP contribution < -0.4 is 5.32 Å². The molecule has 0 bridgehead atoms. The quantitative estimate of drug-likeness (QED) is 0.830. The summed E-state index contributed by atoms with van der Waals surface area (Å²) in [7, 11) is -3.02. The van der Waals surface area contributed by atoms with Crippen LogP contribution in [0.5, 0.6) is 0 Å². The lowest BCUT2D eigenvalue weighted by molar-refractivity contribution is -0.115. The van der Waals surface area contributed by atoms with E-state index in [0.29, 0.717) is 18.6 Å². The topological polar surface area (TPSA) is 88.1 Å². The van der Waals surface area contributed by atoms with E-state index in [2.05, 4.69) is 27.5 Å². The smallest absolute Gasteiger partial charge is 0.269 e. The summed E-state index contributed by atoms with van der Waals surface area (Å²) in [6.07, 6.45) is 2.82. The maximum atomic E-state index is 12.5. The Balaban J connectivity index is 1.34. The fourth-order valence-corrected chi connectivity index (χ4v) is 5.88. The number of hydrogen-bond acceptors (Lipinski definition) is 6. The van der Waals surface area contributed by atoms with Crippen molar-refractivity contribution in [2.45, 2.75) is 43.9 Å². The number of amides is 1. The summed E-state index contributed by atoms with van der Waals surface area (Å²) in [6, 6.07) is 9.99. The molecule has 0 radical (unpaired) electrons. The van der Waals surface area contributed by atoms with Gasteiger partial charge in [0.1, 0.15) is 5.71 Å². The number of carbonyl (C=O) groups is 1. The van der Waals surface area contributed by atoms with E-state index in [1.165, 1.54) is 5.56 Å². The number of nitrogens with zero attached hydrogens (tertiary/aromatic N) is 2. The predicted octanol–water partition coefficient (Wildman–Crippen LogP) is 1.10. The highest BCUT2D eigenvalue weighted by Gasteiger charge is 2.45. The van der Waals surface area contributed by atoms with E-state index >= 15 is 0 Å². The van der Waals surface area contributed by atoms with Crippen LogP contribution in [0.15, 0.2) is 35.5 Å². The van der Waals surface area contributed by atoms with Crippen molar-refractivity contribution in [3.05, 3.63) is 35.9 Å². The van der Waals surface area contributed by atoms with Gasteiger partial charge in [0.25, 0.3) is 5.91 Å². The minimum atomic E-state index is -3.02. The average molecular weight is 391 g/mol. The third kappa shape index (κ3) is 4.32. The van der Waals surface area contributed by atoms with Crippen LogP contribution in [0.25, 0.3) is 0 Å². The van der Waals surface area contributed by atoms with Crippen LogP contribution in [-0.2, 0) is 26.0 Å². The summed E-state index contributed by atoms with van der Waals surface area (Å²) < 4.78 is 23.1. The van der Waals surface area contributed by atoms with Gasteiger partial charge in [-0.3, -0.25) is 9.69 Å². The molecular formula is C19H25N3O4S. The molecule has 1 N–H and O–H groups in total. The molecule has 1 aromatic rings. The lowest BCUT2D eigenvalue weighted by Crippen LogP contribution is -2.49. The standard InChI is InChI=1S/C19H25N3O4S/c23-18(20-16-7-10-27(24,25)13-16)17-11-19(26-21-17)8-4-9-22(14-19)12-15-5-2-1-3-6-15/h1-3,5-6,16H,4,7-14H2,(H,20,23). The molecule has 3 aliphatic heterocycles. The van der Waals surface area contributed by atoms with Gasteiger partial charge in [-0.2, -0.15) is 0 Å². The second kappa shape index (κ2) is 7.24. The van der Waals surface area contributed by atoms with Crippen molar-refractivity contribution >= 4 is 21.5 Å². The Labute approximate surface area is 159 Å². The third-order valence-electron chi connectivity index (χ3n) is 5.54. The van der Waals surface area contributed by atoms with E-state index in [-0.39, 0.29) is 23.5 Å². The van der Waals surface area contributed by atoms with E-state index in [9.17, 15) is 13.2 Å². The average Bonchev–Trinajstić information content (AvgIpc) is 3.19. The number of piperidine rings is 1. The zero-order chi connectivity index (χ0) is 18.9. The summed E-state index contributed by atoms with van der Waals surface area (Å²) in [5, 5.41) is 6.87. The highest BCUT2D eigenvalue weighted by Crippen LogP contribution is 2.34. The van der Waals surface area contributed by atoms with E-state index in [1.807, 2.05) is 18.2 Å². The molecule has 1 spiro atoms. The van der Waals surface area contributed by atoms with Gasteiger partial charge in [0.15, 0.2) is 15.4 Å². The van der Waals surface area contributed by atoms with Gasteiger partial charge >= 0.3 is 0 Å². The first-order chi connectivity index (χ1) is 12.9. The molecule has 0 aromatic heterocycles.